The number of ether oxygens (including phenoxy) is 1. The van der Waals surface area contributed by atoms with Gasteiger partial charge in [0.25, 0.3) is 0 Å². The fraction of sp³-hybridized carbons (Fsp3) is 0.286. The molecule has 0 bridgehead atoms. The van der Waals surface area contributed by atoms with E-state index >= 15 is 0 Å². The number of aromatic nitrogens is 2. The van der Waals surface area contributed by atoms with E-state index in [9.17, 15) is 0 Å². The maximum absolute atomic E-state index is 5.43. The van der Waals surface area contributed by atoms with E-state index in [1.807, 2.05) is 13.1 Å². The third-order valence-corrected chi connectivity index (χ3v) is 5.08. The van der Waals surface area contributed by atoms with Crippen LogP contribution in [0.5, 0.6) is 0 Å². The summed E-state index contributed by atoms with van der Waals surface area (Å²) in [5.41, 5.74) is 3.15. The van der Waals surface area contributed by atoms with Crippen molar-refractivity contribution in [3.63, 3.8) is 0 Å². The topological polar surface area (TPSA) is 35.0 Å². The molecule has 3 nitrogen and oxygen atoms in total. The molecule has 0 amide bonds. The highest BCUT2D eigenvalue weighted by atomic mass is 79.9. The van der Waals surface area contributed by atoms with E-state index in [1.54, 1.807) is 11.3 Å². The maximum atomic E-state index is 5.43. The zero-order chi connectivity index (χ0) is 13.4. The van der Waals surface area contributed by atoms with Gasteiger partial charge in [-0.25, -0.2) is 4.98 Å². The van der Waals surface area contributed by atoms with E-state index in [4.69, 9.17) is 4.74 Å². The number of halogens is 1. The standard InChI is InChI=1S/C14H13BrN2OS/c1-3-18-7-11-17-10-6-16-9-5-4-8(2)13(15)12(9)14(10)19-11/h4-6H,3,7H2,1-2H3. The largest absolute Gasteiger partial charge is 0.375 e. The summed E-state index contributed by atoms with van der Waals surface area (Å²) < 4.78 is 7.71. The first-order valence-corrected chi connectivity index (χ1v) is 7.72. The second-order valence-corrected chi connectivity index (χ2v) is 6.18. The molecule has 0 unspecified atom stereocenters. The van der Waals surface area contributed by atoms with Crippen molar-refractivity contribution in [1.82, 2.24) is 9.97 Å². The molecule has 0 atom stereocenters. The molecule has 3 aromatic rings. The molecule has 0 spiro atoms. The average Bonchev–Trinajstić information content (AvgIpc) is 2.83. The molecule has 5 heteroatoms. The third kappa shape index (κ3) is 2.26. The Morgan fingerprint density at radius 1 is 1.32 bits per heavy atom. The van der Waals surface area contributed by atoms with Gasteiger partial charge in [0.2, 0.25) is 0 Å². The molecule has 0 N–H and O–H groups in total. The van der Waals surface area contributed by atoms with Crippen molar-refractivity contribution in [3.8, 4) is 0 Å². The highest BCUT2D eigenvalue weighted by molar-refractivity contribution is 9.10. The van der Waals surface area contributed by atoms with Crippen molar-refractivity contribution in [3.05, 3.63) is 33.4 Å². The molecule has 1 aromatic carbocycles. The number of thiazole rings is 1. The Kier molecular flexibility index (Phi) is 3.52. The molecule has 0 saturated heterocycles. The van der Waals surface area contributed by atoms with Gasteiger partial charge in [-0.15, -0.1) is 11.3 Å². The number of rotatable bonds is 3. The normalized spacial score (nSPS) is 11.5. The van der Waals surface area contributed by atoms with Crippen LogP contribution in [-0.4, -0.2) is 16.6 Å². The Bertz CT molecular complexity index is 754. The van der Waals surface area contributed by atoms with E-state index in [2.05, 4.69) is 45.0 Å². The molecular weight excluding hydrogens is 324 g/mol. The molecule has 2 heterocycles. The summed E-state index contributed by atoms with van der Waals surface area (Å²) in [6, 6.07) is 4.13. The smallest absolute Gasteiger partial charge is 0.120 e. The number of fused-ring (bicyclic) bond motifs is 3. The zero-order valence-electron chi connectivity index (χ0n) is 10.7. The summed E-state index contributed by atoms with van der Waals surface area (Å²) in [7, 11) is 0. The van der Waals surface area contributed by atoms with Crippen LogP contribution >= 0.6 is 27.3 Å². The van der Waals surface area contributed by atoms with Crippen LogP contribution < -0.4 is 0 Å². The average molecular weight is 337 g/mol. The zero-order valence-corrected chi connectivity index (χ0v) is 13.1. The Balaban J connectivity index is 2.26. The molecule has 0 saturated carbocycles. The first kappa shape index (κ1) is 13.0. The molecule has 3 rings (SSSR count). The fourth-order valence-corrected chi connectivity index (χ4v) is 3.72. The maximum Gasteiger partial charge on any atom is 0.120 e. The van der Waals surface area contributed by atoms with Gasteiger partial charge >= 0.3 is 0 Å². The van der Waals surface area contributed by atoms with E-state index < -0.39 is 0 Å². The third-order valence-electron chi connectivity index (χ3n) is 2.99. The molecule has 0 radical (unpaired) electrons. The van der Waals surface area contributed by atoms with Gasteiger partial charge in [0.15, 0.2) is 0 Å². The number of hydrogen-bond acceptors (Lipinski definition) is 4. The number of benzene rings is 1. The number of pyridine rings is 1. The van der Waals surface area contributed by atoms with Gasteiger partial charge in [0.1, 0.15) is 10.5 Å². The highest BCUT2D eigenvalue weighted by Crippen LogP contribution is 2.35. The van der Waals surface area contributed by atoms with Gasteiger partial charge in [-0.3, -0.25) is 4.98 Å². The SMILES string of the molecule is CCOCc1nc2cnc3ccc(C)c(Br)c3c2s1. The minimum atomic E-state index is 0.570. The molecule has 98 valence electrons. The van der Waals surface area contributed by atoms with Crippen molar-refractivity contribution in [2.24, 2.45) is 0 Å². The van der Waals surface area contributed by atoms with Gasteiger partial charge in [-0.05, 0) is 41.4 Å². The van der Waals surface area contributed by atoms with Gasteiger partial charge in [-0.2, -0.15) is 0 Å². The molecule has 0 aliphatic carbocycles. The van der Waals surface area contributed by atoms with Crippen molar-refractivity contribution >= 4 is 48.4 Å². The Labute approximate surface area is 123 Å². The molecule has 0 fully saturated rings. The lowest BCUT2D eigenvalue weighted by molar-refractivity contribution is 0.134. The first-order chi connectivity index (χ1) is 9.20. The van der Waals surface area contributed by atoms with E-state index in [0.29, 0.717) is 13.2 Å². The lowest BCUT2D eigenvalue weighted by atomic mass is 10.1. The van der Waals surface area contributed by atoms with Crippen molar-refractivity contribution in [2.45, 2.75) is 20.5 Å². The van der Waals surface area contributed by atoms with Crippen molar-refractivity contribution in [2.75, 3.05) is 6.61 Å². The first-order valence-electron chi connectivity index (χ1n) is 6.11. The molecule has 0 aliphatic rings. The predicted octanol–water partition coefficient (Wildman–Crippen LogP) is 4.45. The molecular formula is C14H13BrN2OS. The van der Waals surface area contributed by atoms with E-state index in [1.165, 1.54) is 10.3 Å². The molecule has 2 aromatic heterocycles. The second kappa shape index (κ2) is 5.15. The van der Waals surface area contributed by atoms with Crippen LogP contribution in [0.15, 0.2) is 22.8 Å². The van der Waals surface area contributed by atoms with E-state index in [0.717, 1.165) is 25.9 Å². The summed E-state index contributed by atoms with van der Waals surface area (Å²) in [6.07, 6.45) is 1.84. The summed E-state index contributed by atoms with van der Waals surface area (Å²) in [5, 5.41) is 2.15. The van der Waals surface area contributed by atoms with Crippen LogP contribution in [0.3, 0.4) is 0 Å². The molecule has 0 aliphatic heterocycles. The quantitative estimate of drug-likeness (QED) is 0.708. The van der Waals surface area contributed by atoms with Gasteiger partial charge < -0.3 is 4.74 Å². The fourth-order valence-electron chi connectivity index (χ4n) is 2.02. The van der Waals surface area contributed by atoms with Gasteiger partial charge in [0.05, 0.1) is 23.0 Å². The van der Waals surface area contributed by atoms with Gasteiger partial charge in [-0.1, -0.05) is 6.07 Å². The van der Waals surface area contributed by atoms with Crippen molar-refractivity contribution < 1.29 is 4.74 Å². The summed E-state index contributed by atoms with van der Waals surface area (Å²) in [5.74, 6) is 0. The monoisotopic (exact) mass is 336 g/mol. The van der Waals surface area contributed by atoms with Crippen LogP contribution in [0.1, 0.15) is 17.5 Å². The van der Waals surface area contributed by atoms with Crippen LogP contribution in [0.4, 0.5) is 0 Å². The lowest BCUT2D eigenvalue weighted by Crippen LogP contribution is -1.89. The highest BCUT2D eigenvalue weighted by Gasteiger charge is 2.12. The Hall–Kier alpha value is -1.04. The van der Waals surface area contributed by atoms with Crippen LogP contribution in [0, 0.1) is 6.92 Å². The summed E-state index contributed by atoms with van der Waals surface area (Å²) in [4.78, 5) is 9.06. The number of aryl methyl sites for hydroxylation is 1. The number of hydrogen-bond donors (Lipinski definition) is 0. The van der Waals surface area contributed by atoms with Gasteiger partial charge in [0, 0.05) is 16.5 Å². The minimum Gasteiger partial charge on any atom is -0.375 e. The van der Waals surface area contributed by atoms with Crippen molar-refractivity contribution in [1.29, 1.82) is 0 Å². The van der Waals surface area contributed by atoms with E-state index in [-0.39, 0.29) is 0 Å². The second-order valence-electron chi connectivity index (χ2n) is 4.31. The predicted molar refractivity (Wildman–Crippen MR) is 82.7 cm³/mol. The van der Waals surface area contributed by atoms with Crippen LogP contribution in [0.2, 0.25) is 0 Å². The molecule has 19 heavy (non-hydrogen) atoms. The Morgan fingerprint density at radius 3 is 2.95 bits per heavy atom. The lowest BCUT2D eigenvalue weighted by Gasteiger charge is -2.03. The van der Waals surface area contributed by atoms with Crippen LogP contribution in [0.25, 0.3) is 21.1 Å². The minimum absolute atomic E-state index is 0.570. The van der Waals surface area contributed by atoms with Crippen LogP contribution in [-0.2, 0) is 11.3 Å². The number of nitrogens with zero attached hydrogens (tertiary/aromatic N) is 2. The summed E-state index contributed by atoms with van der Waals surface area (Å²) >= 11 is 5.35. The Morgan fingerprint density at radius 2 is 2.16 bits per heavy atom. The summed E-state index contributed by atoms with van der Waals surface area (Å²) in [6.45, 7) is 5.35.